The van der Waals surface area contributed by atoms with Crippen molar-refractivity contribution in [2.75, 3.05) is 6.54 Å². The van der Waals surface area contributed by atoms with E-state index in [-0.39, 0.29) is 11.9 Å². The van der Waals surface area contributed by atoms with Crippen LogP contribution in [0.1, 0.15) is 29.8 Å². The van der Waals surface area contributed by atoms with Crippen LogP contribution in [0.15, 0.2) is 30.5 Å². The lowest BCUT2D eigenvalue weighted by Crippen LogP contribution is -2.22. The summed E-state index contributed by atoms with van der Waals surface area (Å²) in [6.07, 6.45) is 1.98. The standard InChI is InChI=1S/C14H18FN3/c1-4-16-14(11-6-5-7-12(15)8-11)13-9-18(3)17-10(13)2/h5-9,14,16H,4H2,1-3H3. The summed E-state index contributed by atoms with van der Waals surface area (Å²) in [5.74, 6) is -0.211. The maximum atomic E-state index is 13.3. The van der Waals surface area contributed by atoms with E-state index in [2.05, 4.69) is 10.4 Å². The number of hydrogen-bond donors (Lipinski definition) is 1. The summed E-state index contributed by atoms with van der Waals surface area (Å²) >= 11 is 0. The Morgan fingerprint density at radius 3 is 2.78 bits per heavy atom. The second-order valence-corrected chi connectivity index (χ2v) is 4.39. The molecule has 1 heterocycles. The van der Waals surface area contributed by atoms with Gasteiger partial charge in [0.15, 0.2) is 0 Å². The highest BCUT2D eigenvalue weighted by Gasteiger charge is 2.17. The quantitative estimate of drug-likeness (QED) is 0.900. The van der Waals surface area contributed by atoms with Crippen LogP contribution in [0.25, 0.3) is 0 Å². The van der Waals surface area contributed by atoms with Crippen LogP contribution >= 0.6 is 0 Å². The zero-order valence-corrected chi connectivity index (χ0v) is 10.9. The largest absolute Gasteiger partial charge is 0.306 e. The number of nitrogens with zero attached hydrogens (tertiary/aromatic N) is 2. The topological polar surface area (TPSA) is 29.9 Å². The van der Waals surface area contributed by atoms with E-state index >= 15 is 0 Å². The lowest BCUT2D eigenvalue weighted by molar-refractivity contribution is 0.601. The molecule has 3 nitrogen and oxygen atoms in total. The second-order valence-electron chi connectivity index (χ2n) is 4.39. The van der Waals surface area contributed by atoms with Crippen molar-refractivity contribution in [2.45, 2.75) is 19.9 Å². The van der Waals surface area contributed by atoms with Gasteiger partial charge in [-0.3, -0.25) is 4.68 Å². The van der Waals surface area contributed by atoms with Crippen LogP contribution in [0.4, 0.5) is 4.39 Å². The maximum Gasteiger partial charge on any atom is 0.123 e. The van der Waals surface area contributed by atoms with Gasteiger partial charge in [-0.25, -0.2) is 4.39 Å². The summed E-state index contributed by atoms with van der Waals surface area (Å²) < 4.78 is 15.1. The predicted molar refractivity (Wildman–Crippen MR) is 69.9 cm³/mol. The van der Waals surface area contributed by atoms with Crippen molar-refractivity contribution in [3.8, 4) is 0 Å². The van der Waals surface area contributed by atoms with Gasteiger partial charge in [0, 0.05) is 18.8 Å². The number of benzene rings is 1. The molecule has 0 bridgehead atoms. The summed E-state index contributed by atoms with van der Waals surface area (Å²) in [4.78, 5) is 0. The predicted octanol–water partition coefficient (Wildman–Crippen LogP) is 2.57. The molecule has 96 valence electrons. The molecule has 18 heavy (non-hydrogen) atoms. The van der Waals surface area contributed by atoms with E-state index < -0.39 is 0 Å². The van der Waals surface area contributed by atoms with E-state index in [1.165, 1.54) is 6.07 Å². The summed E-state index contributed by atoms with van der Waals surface area (Å²) in [5.41, 5.74) is 2.98. The number of aryl methyl sites for hydroxylation is 2. The molecule has 2 rings (SSSR count). The van der Waals surface area contributed by atoms with Gasteiger partial charge in [-0.2, -0.15) is 5.10 Å². The summed E-state index contributed by atoms with van der Waals surface area (Å²) in [6.45, 7) is 4.83. The first kappa shape index (κ1) is 12.8. The van der Waals surface area contributed by atoms with E-state index in [0.717, 1.165) is 23.4 Å². The second kappa shape index (κ2) is 5.31. The van der Waals surface area contributed by atoms with Crippen molar-refractivity contribution in [2.24, 2.45) is 7.05 Å². The Hall–Kier alpha value is -1.68. The van der Waals surface area contributed by atoms with Gasteiger partial charge in [0.2, 0.25) is 0 Å². The van der Waals surface area contributed by atoms with Crippen molar-refractivity contribution < 1.29 is 4.39 Å². The third-order valence-corrected chi connectivity index (χ3v) is 2.95. The number of aromatic nitrogens is 2. The molecule has 0 radical (unpaired) electrons. The fourth-order valence-electron chi connectivity index (χ4n) is 2.20. The van der Waals surface area contributed by atoms with Crippen LogP contribution in [0.2, 0.25) is 0 Å². The molecule has 1 aromatic carbocycles. The van der Waals surface area contributed by atoms with Crippen LogP contribution in [0, 0.1) is 12.7 Å². The van der Waals surface area contributed by atoms with Gasteiger partial charge < -0.3 is 5.32 Å². The molecule has 4 heteroatoms. The highest BCUT2D eigenvalue weighted by Crippen LogP contribution is 2.24. The molecular formula is C14H18FN3. The van der Waals surface area contributed by atoms with Gasteiger partial charge in [-0.1, -0.05) is 19.1 Å². The molecule has 1 aromatic heterocycles. The number of rotatable bonds is 4. The Morgan fingerprint density at radius 2 is 2.22 bits per heavy atom. The normalized spacial score (nSPS) is 12.7. The zero-order valence-electron chi connectivity index (χ0n) is 10.9. The summed E-state index contributed by atoms with van der Waals surface area (Å²) in [6, 6.07) is 6.69. The Balaban J connectivity index is 2.42. The van der Waals surface area contributed by atoms with Crippen molar-refractivity contribution >= 4 is 0 Å². The van der Waals surface area contributed by atoms with Gasteiger partial charge in [0.25, 0.3) is 0 Å². The van der Waals surface area contributed by atoms with E-state index in [1.807, 2.05) is 33.2 Å². The molecule has 0 aliphatic heterocycles. The summed E-state index contributed by atoms with van der Waals surface area (Å²) in [5, 5.41) is 7.72. The minimum atomic E-state index is -0.211. The van der Waals surface area contributed by atoms with Crippen molar-refractivity contribution in [1.29, 1.82) is 0 Å². The average molecular weight is 247 g/mol. The monoisotopic (exact) mass is 247 g/mol. The van der Waals surface area contributed by atoms with Gasteiger partial charge in [-0.15, -0.1) is 0 Å². The van der Waals surface area contributed by atoms with E-state index in [1.54, 1.807) is 16.8 Å². The van der Waals surface area contributed by atoms with E-state index in [4.69, 9.17) is 0 Å². The number of hydrogen-bond acceptors (Lipinski definition) is 2. The molecule has 0 aliphatic rings. The smallest absolute Gasteiger partial charge is 0.123 e. The number of halogens is 1. The molecule has 1 atom stereocenters. The highest BCUT2D eigenvalue weighted by molar-refractivity contribution is 5.33. The van der Waals surface area contributed by atoms with Crippen molar-refractivity contribution in [3.63, 3.8) is 0 Å². The Labute approximate surface area is 107 Å². The minimum absolute atomic E-state index is 0.0144. The van der Waals surface area contributed by atoms with Crippen LogP contribution in [-0.4, -0.2) is 16.3 Å². The van der Waals surface area contributed by atoms with Gasteiger partial charge in [0.05, 0.1) is 11.7 Å². The molecule has 2 aromatic rings. The minimum Gasteiger partial charge on any atom is -0.306 e. The lowest BCUT2D eigenvalue weighted by Gasteiger charge is -2.18. The fraction of sp³-hybridized carbons (Fsp3) is 0.357. The lowest BCUT2D eigenvalue weighted by atomic mass is 9.99. The van der Waals surface area contributed by atoms with Crippen molar-refractivity contribution in [1.82, 2.24) is 15.1 Å². The SMILES string of the molecule is CCNC(c1cccc(F)c1)c1cn(C)nc1C. The molecule has 0 saturated carbocycles. The molecule has 0 amide bonds. The fourth-order valence-corrected chi connectivity index (χ4v) is 2.20. The first-order valence-electron chi connectivity index (χ1n) is 6.10. The Morgan fingerprint density at radius 1 is 1.44 bits per heavy atom. The van der Waals surface area contributed by atoms with Crippen LogP contribution in [0.5, 0.6) is 0 Å². The zero-order chi connectivity index (χ0) is 13.1. The average Bonchev–Trinajstić information content (AvgIpc) is 2.65. The van der Waals surface area contributed by atoms with Crippen LogP contribution < -0.4 is 5.32 Å². The molecule has 0 fully saturated rings. The maximum absolute atomic E-state index is 13.3. The van der Waals surface area contributed by atoms with Crippen molar-refractivity contribution in [3.05, 3.63) is 53.1 Å². The molecule has 1 N–H and O–H groups in total. The highest BCUT2D eigenvalue weighted by atomic mass is 19.1. The van der Waals surface area contributed by atoms with Gasteiger partial charge >= 0.3 is 0 Å². The van der Waals surface area contributed by atoms with E-state index in [0.29, 0.717) is 0 Å². The third kappa shape index (κ3) is 2.59. The molecule has 1 unspecified atom stereocenters. The molecular weight excluding hydrogens is 229 g/mol. The molecule has 0 saturated heterocycles. The van der Waals surface area contributed by atoms with Gasteiger partial charge in [0.1, 0.15) is 5.82 Å². The summed E-state index contributed by atoms with van der Waals surface area (Å²) in [7, 11) is 1.89. The first-order chi connectivity index (χ1) is 8.61. The third-order valence-electron chi connectivity index (χ3n) is 2.95. The van der Waals surface area contributed by atoms with E-state index in [9.17, 15) is 4.39 Å². The molecule has 0 spiro atoms. The first-order valence-corrected chi connectivity index (χ1v) is 6.10. The van der Waals surface area contributed by atoms with Gasteiger partial charge in [-0.05, 0) is 31.2 Å². The Bertz CT molecular complexity index is 534. The number of nitrogens with one attached hydrogen (secondary N) is 1. The Kier molecular flexibility index (Phi) is 3.77. The van der Waals surface area contributed by atoms with Crippen LogP contribution in [-0.2, 0) is 7.05 Å². The van der Waals surface area contributed by atoms with Crippen LogP contribution in [0.3, 0.4) is 0 Å². The molecule has 0 aliphatic carbocycles.